The maximum absolute atomic E-state index is 13.4. The minimum atomic E-state index is -0.878. The number of aliphatic hydroxyl groups excluding tert-OH is 1. The van der Waals surface area contributed by atoms with Gasteiger partial charge in [-0.15, -0.1) is 0 Å². The van der Waals surface area contributed by atoms with Crippen molar-refractivity contribution in [2.45, 2.75) is 33.4 Å². The topological polar surface area (TPSA) is 89.0 Å². The number of aromatic nitrogens is 1. The number of hydrogen-bond acceptors (Lipinski definition) is 6. The van der Waals surface area contributed by atoms with Crippen molar-refractivity contribution >= 4 is 29.1 Å². The van der Waals surface area contributed by atoms with Crippen LogP contribution in [0.1, 0.15) is 43.6 Å². The third-order valence-electron chi connectivity index (χ3n) is 5.86. The number of carbonyl (C=O) groups is 2. The van der Waals surface area contributed by atoms with Crippen molar-refractivity contribution in [3.8, 4) is 11.5 Å². The molecular weight excluding hydrogens is 492 g/mol. The minimum absolute atomic E-state index is 0.0579. The van der Waals surface area contributed by atoms with Crippen LogP contribution in [0.3, 0.4) is 0 Å². The lowest BCUT2D eigenvalue weighted by atomic mass is 9.95. The summed E-state index contributed by atoms with van der Waals surface area (Å²) in [4.78, 5) is 32.4. The number of benzene rings is 2. The van der Waals surface area contributed by atoms with Crippen LogP contribution in [-0.2, 0) is 16.1 Å². The van der Waals surface area contributed by atoms with Crippen molar-refractivity contribution in [1.82, 2.24) is 9.88 Å². The number of aliphatic hydroxyl groups is 1. The first-order chi connectivity index (χ1) is 17.8. The van der Waals surface area contributed by atoms with E-state index < -0.39 is 17.7 Å². The molecule has 1 aromatic heterocycles. The Morgan fingerprint density at radius 1 is 1.05 bits per heavy atom. The molecule has 37 heavy (non-hydrogen) atoms. The molecule has 4 rings (SSSR count). The number of nitrogens with zero attached hydrogens (tertiary/aromatic N) is 2. The first kappa shape index (κ1) is 26.2. The Bertz CT molecular complexity index is 1320. The molecule has 192 valence electrons. The number of Topliss-reactive ketones (excluding diaryl/α,β-unsaturated/α-hetero) is 1. The highest BCUT2D eigenvalue weighted by Crippen LogP contribution is 2.42. The van der Waals surface area contributed by atoms with Gasteiger partial charge >= 0.3 is 0 Å². The average molecular weight is 521 g/mol. The maximum Gasteiger partial charge on any atom is 0.296 e. The fraction of sp³-hybridized carbons (Fsp3) is 0.276. The Morgan fingerprint density at radius 2 is 1.84 bits per heavy atom. The lowest BCUT2D eigenvalue weighted by molar-refractivity contribution is -0.140. The molecule has 2 aromatic carbocycles. The molecule has 8 heteroatoms. The average Bonchev–Trinajstić information content (AvgIpc) is 3.14. The highest BCUT2D eigenvalue weighted by atomic mass is 35.5. The van der Waals surface area contributed by atoms with Gasteiger partial charge in [-0.1, -0.05) is 43.6 Å². The van der Waals surface area contributed by atoms with Crippen LogP contribution >= 0.6 is 11.6 Å². The quantitative estimate of drug-likeness (QED) is 0.218. The van der Waals surface area contributed by atoms with Crippen molar-refractivity contribution < 1.29 is 24.2 Å². The van der Waals surface area contributed by atoms with E-state index in [0.717, 1.165) is 0 Å². The maximum atomic E-state index is 13.4. The second kappa shape index (κ2) is 11.5. The molecule has 1 fully saturated rings. The molecule has 1 N–H and O–H groups in total. The lowest BCUT2D eigenvalue weighted by Gasteiger charge is -2.25. The summed E-state index contributed by atoms with van der Waals surface area (Å²) in [7, 11) is 0. The number of pyridine rings is 1. The first-order valence-electron chi connectivity index (χ1n) is 12.1. The molecule has 0 spiro atoms. The number of hydrogen-bond donors (Lipinski definition) is 1. The van der Waals surface area contributed by atoms with Gasteiger partial charge in [-0.05, 0) is 60.9 Å². The van der Waals surface area contributed by atoms with Crippen LogP contribution in [0.2, 0.25) is 5.02 Å². The lowest BCUT2D eigenvalue weighted by Crippen LogP contribution is -2.29. The largest absolute Gasteiger partial charge is 0.507 e. The zero-order valence-electron chi connectivity index (χ0n) is 21.0. The van der Waals surface area contributed by atoms with E-state index in [9.17, 15) is 14.7 Å². The van der Waals surface area contributed by atoms with E-state index in [4.69, 9.17) is 21.1 Å². The number of ketones is 1. The summed E-state index contributed by atoms with van der Waals surface area (Å²) in [5, 5.41) is 11.7. The predicted molar refractivity (Wildman–Crippen MR) is 141 cm³/mol. The van der Waals surface area contributed by atoms with E-state index >= 15 is 0 Å². The van der Waals surface area contributed by atoms with E-state index in [0.29, 0.717) is 41.9 Å². The van der Waals surface area contributed by atoms with Crippen LogP contribution in [0.4, 0.5) is 0 Å². The zero-order chi connectivity index (χ0) is 26.5. The molecule has 2 heterocycles. The molecule has 1 atom stereocenters. The van der Waals surface area contributed by atoms with Gasteiger partial charge in [0.2, 0.25) is 0 Å². The van der Waals surface area contributed by atoms with Crippen molar-refractivity contribution in [3.05, 3.63) is 94.3 Å². The molecule has 0 radical (unpaired) electrons. The van der Waals surface area contributed by atoms with Gasteiger partial charge in [0.1, 0.15) is 17.3 Å². The van der Waals surface area contributed by atoms with Gasteiger partial charge in [-0.3, -0.25) is 14.6 Å². The van der Waals surface area contributed by atoms with Crippen LogP contribution in [-0.4, -0.2) is 39.9 Å². The van der Waals surface area contributed by atoms with Crippen molar-refractivity contribution in [1.29, 1.82) is 0 Å². The van der Waals surface area contributed by atoms with Gasteiger partial charge in [0.05, 0.1) is 42.1 Å². The van der Waals surface area contributed by atoms with Crippen LogP contribution < -0.4 is 9.47 Å². The highest BCUT2D eigenvalue weighted by Gasteiger charge is 2.46. The third kappa shape index (κ3) is 5.78. The summed E-state index contributed by atoms with van der Waals surface area (Å²) in [5.41, 5.74) is 1.38. The molecule has 1 saturated heterocycles. The Hall–Kier alpha value is -3.84. The van der Waals surface area contributed by atoms with E-state index in [1.807, 2.05) is 32.9 Å². The molecule has 1 unspecified atom stereocenters. The summed E-state index contributed by atoms with van der Waals surface area (Å²) in [6, 6.07) is 16.5. The summed E-state index contributed by atoms with van der Waals surface area (Å²) in [5.74, 6) is -0.500. The van der Waals surface area contributed by atoms with Gasteiger partial charge in [0.15, 0.2) is 0 Å². The molecular formula is C29H29ClN2O5. The summed E-state index contributed by atoms with van der Waals surface area (Å²) in [6.45, 7) is 6.94. The van der Waals surface area contributed by atoms with Crippen LogP contribution in [0.5, 0.6) is 11.5 Å². The minimum Gasteiger partial charge on any atom is -0.507 e. The van der Waals surface area contributed by atoms with Crippen LogP contribution in [0.15, 0.2) is 72.4 Å². The standard InChI is InChI=1S/C29H29ClN2O5/c1-4-36-22-11-12-24(30)23(15-22)27(33)25-26(19-8-7-10-21(14-19)37-17-18(2)3)32(29(35)28(25)34)16-20-9-5-6-13-31-20/h5-15,18,26,33H,4,16-17H2,1-3H3/b27-25+. The molecule has 0 bridgehead atoms. The van der Waals surface area contributed by atoms with Gasteiger partial charge in [0, 0.05) is 11.8 Å². The second-order valence-corrected chi connectivity index (χ2v) is 9.51. The number of ether oxygens (including phenoxy) is 2. The highest BCUT2D eigenvalue weighted by molar-refractivity contribution is 6.47. The molecule has 1 amide bonds. The molecule has 7 nitrogen and oxygen atoms in total. The van der Waals surface area contributed by atoms with Gasteiger partial charge in [-0.25, -0.2) is 0 Å². The summed E-state index contributed by atoms with van der Waals surface area (Å²) < 4.78 is 11.5. The number of rotatable bonds is 9. The monoisotopic (exact) mass is 520 g/mol. The van der Waals surface area contributed by atoms with Crippen molar-refractivity contribution in [3.63, 3.8) is 0 Å². The van der Waals surface area contributed by atoms with Gasteiger partial charge < -0.3 is 19.5 Å². The smallest absolute Gasteiger partial charge is 0.296 e. The van der Waals surface area contributed by atoms with E-state index in [2.05, 4.69) is 4.98 Å². The number of likely N-dealkylation sites (tertiary alicyclic amines) is 1. The van der Waals surface area contributed by atoms with Crippen molar-refractivity contribution in [2.24, 2.45) is 5.92 Å². The normalized spacial score (nSPS) is 16.9. The fourth-order valence-electron chi connectivity index (χ4n) is 4.18. The van der Waals surface area contributed by atoms with E-state index in [1.165, 1.54) is 4.90 Å². The fourth-order valence-corrected chi connectivity index (χ4v) is 4.39. The number of carbonyl (C=O) groups excluding carboxylic acids is 2. The zero-order valence-corrected chi connectivity index (χ0v) is 21.7. The van der Waals surface area contributed by atoms with Gasteiger partial charge in [-0.2, -0.15) is 0 Å². The Labute approximate surface area is 221 Å². The molecule has 0 aliphatic carbocycles. The number of halogens is 1. The third-order valence-corrected chi connectivity index (χ3v) is 6.19. The van der Waals surface area contributed by atoms with E-state index in [-0.39, 0.29) is 28.5 Å². The van der Waals surface area contributed by atoms with Crippen LogP contribution in [0.25, 0.3) is 5.76 Å². The summed E-state index contributed by atoms with van der Waals surface area (Å²) in [6.07, 6.45) is 1.63. The van der Waals surface area contributed by atoms with Gasteiger partial charge in [0.25, 0.3) is 11.7 Å². The van der Waals surface area contributed by atoms with Crippen LogP contribution in [0, 0.1) is 5.92 Å². The first-order valence-corrected chi connectivity index (χ1v) is 12.5. The molecule has 1 aliphatic rings. The summed E-state index contributed by atoms with van der Waals surface area (Å²) >= 11 is 6.42. The SMILES string of the molecule is CCOc1ccc(Cl)c(/C(O)=C2\C(=O)C(=O)N(Cc3ccccn3)C2c2cccc(OCC(C)C)c2)c1. The predicted octanol–water partition coefficient (Wildman–Crippen LogP) is 5.79. The van der Waals surface area contributed by atoms with E-state index in [1.54, 1.807) is 54.7 Å². The Balaban J connectivity index is 1.86. The number of amides is 1. The molecule has 1 aliphatic heterocycles. The molecule has 0 saturated carbocycles. The molecule has 3 aromatic rings. The van der Waals surface area contributed by atoms with Crippen molar-refractivity contribution in [2.75, 3.05) is 13.2 Å². The second-order valence-electron chi connectivity index (χ2n) is 9.10. The Morgan fingerprint density at radius 3 is 2.54 bits per heavy atom. The Kier molecular flexibility index (Phi) is 8.14.